The van der Waals surface area contributed by atoms with Gasteiger partial charge in [0.1, 0.15) is 24.0 Å². The average Bonchev–Trinajstić information content (AvgIpc) is 2.44. The number of carbonyl (C=O) groups excluding carboxylic acids is 1. The summed E-state index contributed by atoms with van der Waals surface area (Å²) in [6, 6.07) is 3.88. The minimum atomic E-state index is -1.42. The number of carboxylic acid groups (broad SMARTS) is 2. The van der Waals surface area contributed by atoms with Crippen LogP contribution >= 0.6 is 0 Å². The first kappa shape index (κ1) is 17.2. The molecule has 1 rings (SSSR count). The first-order chi connectivity index (χ1) is 10.2. The quantitative estimate of drug-likeness (QED) is 0.585. The van der Waals surface area contributed by atoms with E-state index >= 15 is 0 Å². The maximum Gasteiger partial charge on any atom is 0.340 e. The average molecular weight is 308 g/mol. The lowest BCUT2D eigenvalue weighted by molar-refractivity contribution is -0.144. The van der Waals surface area contributed by atoms with Crippen LogP contribution in [0, 0.1) is 0 Å². The predicted octanol–water partition coefficient (Wildman–Crippen LogP) is 1.97. The molecule has 0 amide bonds. The first-order valence-corrected chi connectivity index (χ1v) is 6.33. The SMILES string of the molecule is C=C(C)C(=O)OC(C)COc1cccc(C(=O)O)c1C(=O)O. The standard InChI is InChI=1S/C15H16O7/c1-8(2)15(20)22-9(3)7-21-11-6-4-5-10(13(16)17)12(11)14(18)19/h4-6,9H,1,7H2,2-3H3,(H,16,17)(H,18,19). The molecule has 22 heavy (non-hydrogen) atoms. The van der Waals surface area contributed by atoms with Crippen molar-refractivity contribution in [3.05, 3.63) is 41.5 Å². The number of ether oxygens (including phenoxy) is 2. The zero-order valence-corrected chi connectivity index (χ0v) is 12.2. The number of benzene rings is 1. The van der Waals surface area contributed by atoms with Gasteiger partial charge in [-0.1, -0.05) is 12.6 Å². The molecule has 0 saturated heterocycles. The van der Waals surface area contributed by atoms with Crippen molar-refractivity contribution in [2.24, 2.45) is 0 Å². The maximum atomic E-state index is 11.3. The van der Waals surface area contributed by atoms with Gasteiger partial charge in [-0.3, -0.25) is 0 Å². The highest BCUT2D eigenvalue weighted by atomic mass is 16.6. The van der Waals surface area contributed by atoms with Crippen LogP contribution in [-0.2, 0) is 9.53 Å². The van der Waals surface area contributed by atoms with Gasteiger partial charge in [-0.2, -0.15) is 0 Å². The number of carbonyl (C=O) groups is 3. The second kappa shape index (κ2) is 7.26. The van der Waals surface area contributed by atoms with Crippen molar-refractivity contribution in [1.29, 1.82) is 0 Å². The minimum absolute atomic E-state index is 0.106. The van der Waals surface area contributed by atoms with Gasteiger partial charge in [0.25, 0.3) is 0 Å². The van der Waals surface area contributed by atoms with Crippen molar-refractivity contribution in [2.75, 3.05) is 6.61 Å². The molecule has 1 aromatic rings. The van der Waals surface area contributed by atoms with Crippen LogP contribution in [0.1, 0.15) is 34.6 Å². The van der Waals surface area contributed by atoms with Crippen LogP contribution in [-0.4, -0.2) is 40.8 Å². The Labute approximate surface area is 126 Å². The third kappa shape index (κ3) is 4.34. The molecule has 0 aliphatic heterocycles. The highest BCUT2D eigenvalue weighted by Gasteiger charge is 2.21. The monoisotopic (exact) mass is 308 g/mol. The van der Waals surface area contributed by atoms with E-state index in [9.17, 15) is 14.4 Å². The highest BCUT2D eigenvalue weighted by molar-refractivity contribution is 6.03. The molecule has 0 fully saturated rings. The van der Waals surface area contributed by atoms with E-state index in [0.717, 1.165) is 0 Å². The molecular formula is C15H16O7. The molecule has 1 atom stereocenters. The van der Waals surface area contributed by atoms with Crippen LogP contribution in [0.4, 0.5) is 0 Å². The van der Waals surface area contributed by atoms with Gasteiger partial charge >= 0.3 is 17.9 Å². The summed E-state index contributed by atoms with van der Waals surface area (Å²) in [5.41, 5.74) is -0.601. The summed E-state index contributed by atoms with van der Waals surface area (Å²) >= 11 is 0. The molecular weight excluding hydrogens is 292 g/mol. The van der Waals surface area contributed by atoms with Gasteiger partial charge in [0, 0.05) is 5.57 Å². The van der Waals surface area contributed by atoms with E-state index in [1.54, 1.807) is 6.92 Å². The largest absolute Gasteiger partial charge is 0.489 e. The molecule has 0 aliphatic rings. The summed E-state index contributed by atoms with van der Waals surface area (Å²) in [7, 11) is 0. The second-order valence-electron chi connectivity index (χ2n) is 4.60. The third-order valence-corrected chi connectivity index (χ3v) is 2.60. The molecule has 0 aliphatic carbocycles. The molecule has 0 heterocycles. The predicted molar refractivity (Wildman–Crippen MR) is 76.2 cm³/mol. The molecule has 0 saturated carbocycles. The molecule has 2 N–H and O–H groups in total. The van der Waals surface area contributed by atoms with Crippen molar-refractivity contribution in [3.63, 3.8) is 0 Å². The van der Waals surface area contributed by atoms with Crippen molar-refractivity contribution < 1.29 is 34.1 Å². The number of hydrogen-bond acceptors (Lipinski definition) is 5. The molecule has 7 nitrogen and oxygen atoms in total. The Morgan fingerprint density at radius 2 is 1.86 bits per heavy atom. The fraction of sp³-hybridized carbons (Fsp3) is 0.267. The number of carboxylic acids is 2. The van der Waals surface area contributed by atoms with Crippen LogP contribution in [0.5, 0.6) is 5.75 Å². The Morgan fingerprint density at radius 1 is 1.23 bits per heavy atom. The molecule has 118 valence electrons. The zero-order chi connectivity index (χ0) is 16.9. The Morgan fingerprint density at radius 3 is 2.36 bits per heavy atom. The highest BCUT2D eigenvalue weighted by Crippen LogP contribution is 2.23. The zero-order valence-electron chi connectivity index (χ0n) is 12.2. The van der Waals surface area contributed by atoms with Crippen molar-refractivity contribution in [1.82, 2.24) is 0 Å². The lowest BCUT2D eigenvalue weighted by atomic mass is 10.1. The van der Waals surface area contributed by atoms with Crippen LogP contribution in [0.25, 0.3) is 0 Å². The van der Waals surface area contributed by atoms with Crippen molar-refractivity contribution >= 4 is 17.9 Å². The van der Waals surface area contributed by atoms with Gasteiger partial charge in [0.15, 0.2) is 0 Å². The number of rotatable bonds is 7. The Kier molecular flexibility index (Phi) is 5.68. The van der Waals surface area contributed by atoms with E-state index < -0.39 is 29.6 Å². The van der Waals surface area contributed by atoms with Crippen LogP contribution in [0.15, 0.2) is 30.4 Å². The van der Waals surface area contributed by atoms with Gasteiger partial charge in [0.05, 0.1) is 5.56 Å². The molecule has 1 unspecified atom stereocenters. The van der Waals surface area contributed by atoms with Crippen LogP contribution in [0.2, 0.25) is 0 Å². The van der Waals surface area contributed by atoms with E-state index in [4.69, 9.17) is 19.7 Å². The van der Waals surface area contributed by atoms with Gasteiger partial charge in [-0.05, 0) is 26.0 Å². The maximum absolute atomic E-state index is 11.3. The minimum Gasteiger partial charge on any atom is -0.489 e. The number of aromatic carboxylic acids is 2. The fourth-order valence-corrected chi connectivity index (χ4v) is 1.57. The molecule has 7 heteroatoms. The summed E-state index contributed by atoms with van der Waals surface area (Å²) in [6.45, 7) is 6.37. The smallest absolute Gasteiger partial charge is 0.340 e. The van der Waals surface area contributed by atoms with E-state index in [1.807, 2.05) is 0 Å². The van der Waals surface area contributed by atoms with Crippen LogP contribution < -0.4 is 4.74 Å². The third-order valence-electron chi connectivity index (χ3n) is 2.60. The van der Waals surface area contributed by atoms with E-state index in [1.165, 1.54) is 25.1 Å². The molecule has 0 spiro atoms. The van der Waals surface area contributed by atoms with E-state index in [2.05, 4.69) is 6.58 Å². The van der Waals surface area contributed by atoms with Gasteiger partial charge in [-0.25, -0.2) is 14.4 Å². The Bertz CT molecular complexity index is 618. The number of esters is 1. The topological polar surface area (TPSA) is 110 Å². The molecule has 0 bridgehead atoms. The fourth-order valence-electron chi connectivity index (χ4n) is 1.57. The summed E-state index contributed by atoms with van der Waals surface area (Å²) in [5, 5.41) is 18.1. The van der Waals surface area contributed by atoms with E-state index in [-0.39, 0.29) is 23.5 Å². The summed E-state index contributed by atoms with van der Waals surface area (Å²) in [5.74, 6) is -3.48. The van der Waals surface area contributed by atoms with Crippen molar-refractivity contribution in [2.45, 2.75) is 20.0 Å². The number of hydrogen-bond donors (Lipinski definition) is 2. The summed E-state index contributed by atoms with van der Waals surface area (Å²) in [4.78, 5) is 33.6. The second-order valence-corrected chi connectivity index (χ2v) is 4.60. The van der Waals surface area contributed by atoms with E-state index in [0.29, 0.717) is 0 Å². The summed E-state index contributed by atoms with van der Waals surface area (Å²) < 4.78 is 10.3. The van der Waals surface area contributed by atoms with Gasteiger partial charge < -0.3 is 19.7 Å². The molecule has 1 aromatic carbocycles. The van der Waals surface area contributed by atoms with Crippen molar-refractivity contribution in [3.8, 4) is 5.75 Å². The van der Waals surface area contributed by atoms with Crippen LogP contribution in [0.3, 0.4) is 0 Å². The van der Waals surface area contributed by atoms with Gasteiger partial charge in [-0.15, -0.1) is 0 Å². The summed E-state index contributed by atoms with van der Waals surface area (Å²) in [6.07, 6.45) is -0.653. The molecule has 0 radical (unpaired) electrons. The normalized spacial score (nSPS) is 11.4. The first-order valence-electron chi connectivity index (χ1n) is 6.33. The van der Waals surface area contributed by atoms with Gasteiger partial charge in [0.2, 0.25) is 0 Å². The Hall–Kier alpha value is -2.83. The lowest BCUT2D eigenvalue weighted by Crippen LogP contribution is -2.23. The molecule has 0 aromatic heterocycles. The lowest BCUT2D eigenvalue weighted by Gasteiger charge is -2.16. The Balaban J connectivity index is 2.88.